The van der Waals surface area contributed by atoms with Gasteiger partial charge >= 0.3 is 0 Å². The molecule has 1 aromatic carbocycles. The molecule has 8 heteroatoms. The topological polar surface area (TPSA) is 77.4 Å². The quantitative estimate of drug-likeness (QED) is 0.0950. The number of benzene rings is 1. The molecule has 0 fully saturated rings. The van der Waals surface area contributed by atoms with Crippen LogP contribution in [0.25, 0.3) is 0 Å². The summed E-state index contributed by atoms with van der Waals surface area (Å²) in [6.07, 6.45) is 1.38. The van der Waals surface area contributed by atoms with E-state index in [1.807, 2.05) is 37.3 Å². The van der Waals surface area contributed by atoms with Crippen LogP contribution in [0, 0.1) is 0 Å². The third kappa shape index (κ3) is 14.8. The third-order valence-corrected chi connectivity index (χ3v) is 13.2. The highest BCUT2D eigenvalue weighted by molar-refractivity contribution is 6.76. The standard InChI is InChI=1S/C29H54O6Si2/c1-24(35-37(8,9)29(2,3)4)28(34-23-32-17-18-36(5,6)7)20-27(31)19-26(15-16-30)22-33-21-25-13-11-10-12-14-25/h10-15,24,27-28,30-31H,16-23H2,1-9H3/b26-15+/t24-,27+,28-/m1/s1. The zero-order chi connectivity index (χ0) is 28.1. The Morgan fingerprint density at radius 1 is 1.03 bits per heavy atom. The first-order valence-electron chi connectivity index (χ1n) is 13.6. The number of aliphatic hydroxyl groups excluding tert-OH is 2. The van der Waals surface area contributed by atoms with Crippen LogP contribution >= 0.6 is 0 Å². The minimum atomic E-state index is -2.02. The molecular formula is C29H54O6Si2. The maximum absolute atomic E-state index is 11.0. The number of aliphatic hydroxyl groups is 2. The highest BCUT2D eigenvalue weighted by Gasteiger charge is 2.40. The molecule has 0 saturated carbocycles. The van der Waals surface area contributed by atoms with Crippen molar-refractivity contribution in [3.05, 3.63) is 47.5 Å². The molecule has 0 amide bonds. The van der Waals surface area contributed by atoms with Gasteiger partial charge in [0, 0.05) is 21.1 Å². The van der Waals surface area contributed by atoms with Gasteiger partial charge in [-0.2, -0.15) is 0 Å². The van der Waals surface area contributed by atoms with Crippen molar-refractivity contribution in [1.82, 2.24) is 0 Å². The summed E-state index contributed by atoms with van der Waals surface area (Å²) in [6.45, 7) is 21.8. The van der Waals surface area contributed by atoms with E-state index in [1.54, 1.807) is 6.08 Å². The molecule has 0 heterocycles. The van der Waals surface area contributed by atoms with E-state index in [0.29, 0.717) is 32.7 Å². The van der Waals surface area contributed by atoms with Crippen LogP contribution in [0.1, 0.15) is 46.1 Å². The lowest BCUT2D eigenvalue weighted by molar-refractivity contribution is -0.126. The van der Waals surface area contributed by atoms with Crippen molar-refractivity contribution in [3.63, 3.8) is 0 Å². The highest BCUT2D eigenvalue weighted by Crippen LogP contribution is 2.38. The first kappa shape index (κ1) is 34.2. The van der Waals surface area contributed by atoms with E-state index < -0.39 is 22.5 Å². The zero-order valence-electron chi connectivity index (χ0n) is 24.9. The summed E-state index contributed by atoms with van der Waals surface area (Å²) in [4.78, 5) is 0. The van der Waals surface area contributed by atoms with E-state index >= 15 is 0 Å². The smallest absolute Gasteiger partial charge is 0.192 e. The van der Waals surface area contributed by atoms with Crippen molar-refractivity contribution in [1.29, 1.82) is 0 Å². The highest BCUT2D eigenvalue weighted by atomic mass is 28.4. The van der Waals surface area contributed by atoms with Gasteiger partial charge in [0.2, 0.25) is 0 Å². The lowest BCUT2D eigenvalue weighted by Gasteiger charge is -2.40. The molecule has 3 atom stereocenters. The maximum Gasteiger partial charge on any atom is 0.192 e. The van der Waals surface area contributed by atoms with E-state index in [1.165, 1.54) is 0 Å². The van der Waals surface area contributed by atoms with E-state index in [-0.39, 0.29) is 30.6 Å². The molecule has 0 aliphatic rings. The summed E-state index contributed by atoms with van der Waals surface area (Å²) < 4.78 is 24.4. The van der Waals surface area contributed by atoms with Crippen LogP contribution in [-0.4, -0.2) is 71.5 Å². The lowest BCUT2D eigenvalue weighted by Crippen LogP contribution is -2.47. The van der Waals surface area contributed by atoms with Crippen LogP contribution < -0.4 is 0 Å². The Morgan fingerprint density at radius 2 is 1.68 bits per heavy atom. The van der Waals surface area contributed by atoms with Gasteiger partial charge in [0.1, 0.15) is 6.79 Å². The Kier molecular flexibility index (Phi) is 15.1. The second kappa shape index (κ2) is 16.3. The molecule has 6 nitrogen and oxygen atoms in total. The van der Waals surface area contributed by atoms with E-state index in [9.17, 15) is 10.2 Å². The molecule has 1 aromatic rings. The average molecular weight is 555 g/mol. The van der Waals surface area contributed by atoms with Crippen molar-refractivity contribution in [2.45, 2.75) is 109 Å². The van der Waals surface area contributed by atoms with Crippen LogP contribution in [0.15, 0.2) is 42.0 Å². The molecule has 0 saturated heterocycles. The van der Waals surface area contributed by atoms with Crippen LogP contribution in [0.3, 0.4) is 0 Å². The summed E-state index contributed by atoms with van der Waals surface area (Å²) in [6, 6.07) is 11.0. The molecule has 0 aliphatic carbocycles. The van der Waals surface area contributed by atoms with Crippen LogP contribution in [0.5, 0.6) is 0 Å². The molecule has 0 aromatic heterocycles. The monoisotopic (exact) mass is 554 g/mol. The molecule has 214 valence electrons. The predicted octanol–water partition coefficient (Wildman–Crippen LogP) is 6.37. The van der Waals surface area contributed by atoms with Crippen molar-refractivity contribution >= 4 is 16.4 Å². The first-order valence-corrected chi connectivity index (χ1v) is 20.2. The largest absolute Gasteiger partial charge is 0.412 e. The Bertz CT molecular complexity index is 771. The molecule has 0 unspecified atom stereocenters. The summed E-state index contributed by atoms with van der Waals surface area (Å²) in [5.74, 6) is 0. The van der Waals surface area contributed by atoms with Gasteiger partial charge in [-0.3, -0.25) is 0 Å². The van der Waals surface area contributed by atoms with Gasteiger partial charge in [0.25, 0.3) is 0 Å². The Labute approximate surface area is 228 Å². The fourth-order valence-electron chi connectivity index (χ4n) is 3.54. The summed E-state index contributed by atoms with van der Waals surface area (Å²) in [7, 11) is -3.19. The fraction of sp³-hybridized carbons (Fsp3) is 0.724. The number of rotatable bonds is 18. The van der Waals surface area contributed by atoms with Gasteiger partial charge in [0.05, 0.1) is 38.1 Å². The van der Waals surface area contributed by atoms with Gasteiger partial charge in [0.15, 0.2) is 8.32 Å². The molecule has 37 heavy (non-hydrogen) atoms. The van der Waals surface area contributed by atoms with Crippen molar-refractivity contribution in [2.75, 3.05) is 26.6 Å². The third-order valence-electron chi connectivity index (χ3n) is 6.95. The maximum atomic E-state index is 11.0. The number of ether oxygens (including phenoxy) is 3. The minimum absolute atomic E-state index is 0.0748. The Balaban J connectivity index is 2.76. The zero-order valence-corrected chi connectivity index (χ0v) is 26.9. The second-order valence-electron chi connectivity index (χ2n) is 12.7. The van der Waals surface area contributed by atoms with Gasteiger partial charge in [-0.25, -0.2) is 0 Å². The van der Waals surface area contributed by atoms with Gasteiger partial charge < -0.3 is 28.8 Å². The van der Waals surface area contributed by atoms with Crippen molar-refractivity contribution in [2.24, 2.45) is 0 Å². The number of hydrogen-bond acceptors (Lipinski definition) is 6. The van der Waals surface area contributed by atoms with Crippen LogP contribution in [0.4, 0.5) is 0 Å². The Morgan fingerprint density at radius 3 is 2.24 bits per heavy atom. The molecular weight excluding hydrogens is 500 g/mol. The molecule has 0 bridgehead atoms. The van der Waals surface area contributed by atoms with Gasteiger partial charge in [-0.1, -0.05) is 76.8 Å². The molecule has 2 N–H and O–H groups in total. The second-order valence-corrected chi connectivity index (χ2v) is 23.1. The van der Waals surface area contributed by atoms with Crippen molar-refractivity contribution < 1.29 is 28.8 Å². The minimum Gasteiger partial charge on any atom is -0.412 e. The predicted molar refractivity (Wildman–Crippen MR) is 158 cm³/mol. The van der Waals surface area contributed by atoms with E-state index in [4.69, 9.17) is 18.6 Å². The molecule has 1 rings (SSSR count). The van der Waals surface area contributed by atoms with Crippen LogP contribution in [-0.2, 0) is 25.2 Å². The normalized spacial score (nSPS) is 16.0. The summed E-state index contributed by atoms with van der Waals surface area (Å²) in [5, 5.41) is 20.6. The lowest BCUT2D eigenvalue weighted by atomic mass is 10.0. The number of hydrogen-bond donors (Lipinski definition) is 2. The van der Waals surface area contributed by atoms with E-state index in [2.05, 4.69) is 53.5 Å². The average Bonchev–Trinajstić information content (AvgIpc) is 2.77. The van der Waals surface area contributed by atoms with Gasteiger partial charge in [-0.05, 0) is 48.7 Å². The fourth-order valence-corrected chi connectivity index (χ4v) is 5.74. The van der Waals surface area contributed by atoms with Gasteiger partial charge in [-0.15, -0.1) is 0 Å². The first-order chi connectivity index (χ1) is 17.1. The Hall–Kier alpha value is -0.846. The van der Waals surface area contributed by atoms with Crippen molar-refractivity contribution in [3.8, 4) is 0 Å². The van der Waals surface area contributed by atoms with Crippen LogP contribution in [0.2, 0.25) is 43.8 Å². The summed E-state index contributed by atoms with van der Waals surface area (Å²) >= 11 is 0. The molecule has 0 spiro atoms. The molecule has 0 radical (unpaired) electrons. The summed E-state index contributed by atoms with van der Waals surface area (Å²) in [5.41, 5.74) is 1.96. The molecule has 0 aliphatic heterocycles. The SMILES string of the molecule is C[C@@H](O[Si](C)(C)C(C)(C)C)[C@@H](C[C@@H](O)C/C(=C\CO)COCc1ccccc1)OCOCC[Si](C)(C)C. The van der Waals surface area contributed by atoms with E-state index in [0.717, 1.165) is 17.2 Å².